The average molecular weight is 340 g/mol. The number of aromatic nitrogens is 1. The molecule has 1 amide bonds. The second-order valence-corrected chi connectivity index (χ2v) is 6.94. The van der Waals surface area contributed by atoms with E-state index in [-0.39, 0.29) is 10.8 Å². The smallest absolute Gasteiger partial charge is 0.294 e. The molecular formula is C17H12N2O4S. The number of nitrogens with one attached hydrogen (secondary N) is 2. The van der Waals surface area contributed by atoms with E-state index in [1.54, 1.807) is 6.08 Å². The maximum absolute atomic E-state index is 12.2. The van der Waals surface area contributed by atoms with Gasteiger partial charge >= 0.3 is 0 Å². The van der Waals surface area contributed by atoms with Gasteiger partial charge in [-0.05, 0) is 53.4 Å². The summed E-state index contributed by atoms with van der Waals surface area (Å²) in [7, 11) is -4.33. The maximum atomic E-state index is 12.2. The molecule has 2 heterocycles. The van der Waals surface area contributed by atoms with E-state index in [1.807, 2.05) is 30.5 Å². The minimum Gasteiger partial charge on any atom is -0.361 e. The highest BCUT2D eigenvalue weighted by Gasteiger charge is 2.26. The first-order valence-electron chi connectivity index (χ1n) is 7.14. The van der Waals surface area contributed by atoms with Crippen LogP contribution in [0.4, 0.5) is 5.69 Å². The number of H-pyrrole nitrogens is 1. The van der Waals surface area contributed by atoms with E-state index in [9.17, 15) is 17.8 Å². The van der Waals surface area contributed by atoms with E-state index in [2.05, 4.69) is 10.3 Å². The number of hydrogen-bond acceptors (Lipinski definition) is 3. The van der Waals surface area contributed by atoms with E-state index >= 15 is 0 Å². The van der Waals surface area contributed by atoms with Gasteiger partial charge in [0, 0.05) is 28.5 Å². The summed E-state index contributed by atoms with van der Waals surface area (Å²) in [5, 5.41) is 3.70. The van der Waals surface area contributed by atoms with Gasteiger partial charge in [0.05, 0.1) is 4.90 Å². The van der Waals surface area contributed by atoms with Gasteiger partial charge in [0.25, 0.3) is 16.0 Å². The van der Waals surface area contributed by atoms with Crippen molar-refractivity contribution in [3.05, 3.63) is 59.8 Å². The molecule has 1 aromatic heterocycles. The molecule has 4 rings (SSSR count). The van der Waals surface area contributed by atoms with Gasteiger partial charge in [0.2, 0.25) is 0 Å². The zero-order chi connectivity index (χ0) is 16.9. The molecular weight excluding hydrogens is 328 g/mol. The number of rotatable bonds is 2. The molecule has 7 heteroatoms. The lowest BCUT2D eigenvalue weighted by Crippen LogP contribution is -2.03. The number of aromatic amines is 1. The molecule has 0 aliphatic carbocycles. The van der Waals surface area contributed by atoms with Crippen LogP contribution in [0.15, 0.2) is 53.6 Å². The molecule has 0 bridgehead atoms. The Bertz CT molecular complexity index is 1130. The molecule has 0 saturated heterocycles. The minimum absolute atomic E-state index is 0.246. The van der Waals surface area contributed by atoms with Crippen molar-refractivity contribution < 1.29 is 17.8 Å². The van der Waals surface area contributed by atoms with Crippen molar-refractivity contribution in [2.24, 2.45) is 0 Å². The first-order valence-corrected chi connectivity index (χ1v) is 8.58. The fourth-order valence-electron chi connectivity index (χ4n) is 2.80. The fraction of sp³-hybridized carbons (Fsp3) is 0. The first kappa shape index (κ1) is 14.7. The Morgan fingerprint density at radius 1 is 1.04 bits per heavy atom. The van der Waals surface area contributed by atoms with Gasteiger partial charge in [-0.2, -0.15) is 8.42 Å². The van der Waals surface area contributed by atoms with Crippen LogP contribution >= 0.6 is 0 Å². The van der Waals surface area contributed by atoms with Crippen LogP contribution in [0.25, 0.3) is 22.6 Å². The topological polar surface area (TPSA) is 99.3 Å². The summed E-state index contributed by atoms with van der Waals surface area (Å²) >= 11 is 0. The van der Waals surface area contributed by atoms with Gasteiger partial charge in [-0.1, -0.05) is 6.07 Å². The van der Waals surface area contributed by atoms with Crippen molar-refractivity contribution in [3.63, 3.8) is 0 Å². The Hall–Kier alpha value is -2.90. The monoisotopic (exact) mass is 340 g/mol. The molecule has 1 aliphatic rings. The summed E-state index contributed by atoms with van der Waals surface area (Å²) in [5.41, 5.74) is 3.12. The first-order chi connectivity index (χ1) is 11.4. The van der Waals surface area contributed by atoms with Crippen LogP contribution in [0.3, 0.4) is 0 Å². The van der Waals surface area contributed by atoms with Crippen LogP contribution < -0.4 is 5.32 Å². The van der Waals surface area contributed by atoms with Crippen molar-refractivity contribution in [1.29, 1.82) is 0 Å². The van der Waals surface area contributed by atoms with Gasteiger partial charge in [0.1, 0.15) is 0 Å². The summed E-state index contributed by atoms with van der Waals surface area (Å²) in [6.45, 7) is 0. The summed E-state index contributed by atoms with van der Waals surface area (Å²) < 4.78 is 31.8. The Labute approximate surface area is 137 Å². The molecule has 0 atom stereocenters. The lowest BCUT2D eigenvalue weighted by molar-refractivity contribution is -0.110. The number of fused-ring (bicyclic) bond motifs is 2. The Morgan fingerprint density at radius 3 is 2.67 bits per heavy atom. The third-order valence-corrected chi connectivity index (χ3v) is 4.81. The van der Waals surface area contributed by atoms with Crippen LogP contribution in [-0.2, 0) is 14.9 Å². The van der Waals surface area contributed by atoms with Gasteiger partial charge in [-0.3, -0.25) is 9.35 Å². The zero-order valence-electron chi connectivity index (χ0n) is 12.3. The molecule has 3 aromatic rings. The molecule has 6 nitrogen and oxygen atoms in total. The molecule has 2 aromatic carbocycles. The van der Waals surface area contributed by atoms with Crippen molar-refractivity contribution in [1.82, 2.24) is 4.98 Å². The number of amides is 1. The summed E-state index contributed by atoms with van der Waals surface area (Å²) in [6, 6.07) is 11.6. The van der Waals surface area contributed by atoms with Gasteiger partial charge in [-0.25, -0.2) is 0 Å². The van der Waals surface area contributed by atoms with E-state index in [4.69, 9.17) is 0 Å². The number of hydrogen-bond donors (Lipinski definition) is 3. The summed E-state index contributed by atoms with van der Waals surface area (Å²) in [5.74, 6) is -0.313. The van der Waals surface area contributed by atoms with Crippen LogP contribution in [-0.4, -0.2) is 23.9 Å². The second-order valence-electron chi connectivity index (χ2n) is 5.52. The normalized spacial score (nSPS) is 15.7. The second kappa shape index (κ2) is 5.05. The van der Waals surface area contributed by atoms with Crippen molar-refractivity contribution >= 4 is 44.3 Å². The molecule has 120 valence electrons. The third-order valence-electron chi connectivity index (χ3n) is 3.96. The number of anilines is 1. The lowest BCUT2D eigenvalue weighted by atomic mass is 10.0. The fourth-order valence-corrected chi connectivity index (χ4v) is 3.31. The van der Waals surface area contributed by atoms with Crippen LogP contribution in [0.2, 0.25) is 0 Å². The molecule has 0 unspecified atom stereocenters. The number of carbonyl (C=O) groups is 1. The predicted octanol–water partition coefficient (Wildman–Crippen LogP) is 2.91. The highest BCUT2D eigenvalue weighted by atomic mass is 32.2. The van der Waals surface area contributed by atoms with E-state index < -0.39 is 10.1 Å². The largest absolute Gasteiger partial charge is 0.361 e. The zero-order valence-corrected chi connectivity index (χ0v) is 13.1. The molecule has 0 saturated carbocycles. The van der Waals surface area contributed by atoms with E-state index in [0.29, 0.717) is 16.8 Å². The lowest BCUT2D eigenvalue weighted by Gasteiger charge is -2.02. The predicted molar refractivity (Wildman–Crippen MR) is 91.1 cm³/mol. The van der Waals surface area contributed by atoms with Crippen molar-refractivity contribution in [2.45, 2.75) is 4.90 Å². The van der Waals surface area contributed by atoms with Crippen molar-refractivity contribution in [3.8, 4) is 0 Å². The van der Waals surface area contributed by atoms with Gasteiger partial charge < -0.3 is 10.3 Å². The molecule has 0 fully saturated rings. The Balaban J connectivity index is 1.85. The number of carbonyl (C=O) groups excluding carboxylic acids is 1. The number of benzene rings is 2. The average Bonchev–Trinajstić information content (AvgIpc) is 3.10. The van der Waals surface area contributed by atoms with Crippen LogP contribution in [0, 0.1) is 0 Å². The Kier molecular flexibility index (Phi) is 3.09. The molecule has 0 spiro atoms. The summed E-state index contributed by atoms with van der Waals surface area (Å²) in [4.78, 5) is 15.1. The van der Waals surface area contributed by atoms with Gasteiger partial charge in [0.15, 0.2) is 0 Å². The van der Waals surface area contributed by atoms with E-state index in [0.717, 1.165) is 16.5 Å². The van der Waals surface area contributed by atoms with Crippen LogP contribution in [0.5, 0.6) is 0 Å². The Morgan fingerprint density at radius 2 is 1.88 bits per heavy atom. The molecule has 3 N–H and O–H groups in total. The SMILES string of the molecule is O=C1Nc2ccc(S(=O)(=O)O)cc2/C1=C/c1ccc2[nH]ccc2c1. The van der Waals surface area contributed by atoms with E-state index in [1.165, 1.54) is 18.2 Å². The quantitative estimate of drug-likeness (QED) is 0.493. The molecule has 0 radical (unpaired) electrons. The highest BCUT2D eigenvalue weighted by molar-refractivity contribution is 7.85. The maximum Gasteiger partial charge on any atom is 0.294 e. The summed E-state index contributed by atoms with van der Waals surface area (Å²) in [6.07, 6.45) is 3.53. The van der Waals surface area contributed by atoms with Gasteiger partial charge in [-0.15, -0.1) is 0 Å². The molecule has 24 heavy (non-hydrogen) atoms. The highest BCUT2D eigenvalue weighted by Crippen LogP contribution is 2.35. The molecule has 1 aliphatic heterocycles. The standard InChI is InChI=1S/C17H12N2O4S/c20-17-14(8-10-1-3-15-11(7-10)5-6-18-15)13-9-12(24(21,22)23)2-4-16(13)19-17/h1-9,18H,(H,19,20)(H,21,22,23)/b14-8-. The minimum atomic E-state index is -4.33. The van der Waals surface area contributed by atoms with Crippen molar-refractivity contribution in [2.75, 3.05) is 5.32 Å². The third kappa shape index (κ3) is 2.40. The van der Waals surface area contributed by atoms with Crippen LogP contribution in [0.1, 0.15) is 11.1 Å².